The van der Waals surface area contributed by atoms with Crippen molar-refractivity contribution in [2.45, 2.75) is 20.0 Å². The van der Waals surface area contributed by atoms with Gasteiger partial charge in [0.1, 0.15) is 18.5 Å². The molecule has 1 aromatic heterocycles. The number of carbonyl (C=O) groups excluding carboxylic acids is 1. The van der Waals surface area contributed by atoms with Crippen LogP contribution in [0.25, 0.3) is 10.2 Å². The van der Waals surface area contributed by atoms with E-state index in [-0.39, 0.29) is 11.8 Å². The van der Waals surface area contributed by atoms with E-state index in [1.807, 2.05) is 44.2 Å². The number of rotatable bonds is 7. The highest BCUT2D eigenvalue weighted by atomic mass is 32.1. The summed E-state index contributed by atoms with van der Waals surface area (Å²) in [6.45, 7) is 8.31. The third-order valence-corrected chi connectivity index (χ3v) is 6.63. The summed E-state index contributed by atoms with van der Waals surface area (Å²) in [7, 11) is 0. The van der Waals surface area contributed by atoms with Crippen LogP contribution in [-0.4, -0.2) is 65.7 Å². The predicted octanol–water partition coefficient (Wildman–Crippen LogP) is 3.94. The zero-order chi connectivity index (χ0) is 22.7. The van der Waals surface area contributed by atoms with Crippen molar-refractivity contribution in [3.63, 3.8) is 0 Å². The number of hydrogen-bond acceptors (Lipinski definition) is 7. The number of ether oxygens (including phenoxy) is 1. The number of hydrogen-bond donors (Lipinski definition) is 3. The monoisotopic (exact) mass is 472 g/mol. The maximum Gasteiger partial charge on any atom is 0.280 e. The Labute approximate surface area is 197 Å². The Balaban J connectivity index is 1.24. The zero-order valence-corrected chi connectivity index (χ0v) is 20.0. The van der Waals surface area contributed by atoms with Crippen LogP contribution in [0.3, 0.4) is 0 Å². The molecule has 2 aromatic carbocycles. The van der Waals surface area contributed by atoms with E-state index in [1.165, 1.54) is 0 Å². The molecule has 0 saturated carbocycles. The van der Waals surface area contributed by atoms with Gasteiger partial charge in [-0.1, -0.05) is 12.6 Å². The number of piperazine rings is 1. The summed E-state index contributed by atoms with van der Waals surface area (Å²) < 4.78 is 6.95. The van der Waals surface area contributed by atoms with Crippen LogP contribution in [0.5, 0.6) is 5.75 Å². The molecule has 2 heterocycles. The van der Waals surface area contributed by atoms with Gasteiger partial charge in [0.15, 0.2) is 0 Å². The second kappa shape index (κ2) is 10.1. The number of aliphatic hydroxyl groups is 1. The van der Waals surface area contributed by atoms with Crippen molar-refractivity contribution in [1.29, 1.82) is 0 Å². The van der Waals surface area contributed by atoms with E-state index in [0.717, 1.165) is 64.1 Å². The van der Waals surface area contributed by atoms with Gasteiger partial charge >= 0.3 is 0 Å². The number of anilines is 2. The minimum absolute atomic E-state index is 0.256. The second-order valence-electron chi connectivity index (χ2n) is 8.04. The maximum atomic E-state index is 11.2. The second-order valence-corrected chi connectivity index (χ2v) is 9.69. The van der Waals surface area contributed by atoms with Crippen LogP contribution in [0.15, 0.2) is 36.4 Å². The molecular weight excluding hydrogens is 444 g/mol. The molecule has 1 atom stereocenters. The third-order valence-electron chi connectivity index (χ3n) is 5.57. The van der Waals surface area contributed by atoms with Gasteiger partial charge in [0.2, 0.25) is 0 Å². The largest absolute Gasteiger partial charge is 0.491 e. The number of benzene rings is 2. The maximum absolute atomic E-state index is 11.2. The Morgan fingerprint density at radius 2 is 2.00 bits per heavy atom. The molecule has 2 N–H and O–H groups in total. The van der Waals surface area contributed by atoms with Crippen molar-refractivity contribution < 1.29 is 14.6 Å². The van der Waals surface area contributed by atoms with Gasteiger partial charge in [-0.05, 0) is 49.7 Å². The van der Waals surface area contributed by atoms with Crippen LogP contribution < -0.4 is 15.0 Å². The molecule has 170 valence electrons. The van der Waals surface area contributed by atoms with E-state index in [9.17, 15) is 9.90 Å². The molecular formula is C23H28N4O3S2. The summed E-state index contributed by atoms with van der Waals surface area (Å²) in [5, 5.41) is 13.9. The lowest BCUT2D eigenvalue weighted by Gasteiger charge is -2.37. The third kappa shape index (κ3) is 5.72. The Kier molecular flexibility index (Phi) is 7.20. The van der Waals surface area contributed by atoms with Crippen LogP contribution >= 0.6 is 24.0 Å². The quantitative estimate of drug-likeness (QED) is 0.452. The van der Waals surface area contributed by atoms with Gasteiger partial charge in [0.05, 0.1) is 15.2 Å². The van der Waals surface area contributed by atoms with Gasteiger partial charge in [0.25, 0.3) is 5.24 Å². The van der Waals surface area contributed by atoms with Crippen LogP contribution in [0.1, 0.15) is 10.6 Å². The smallest absolute Gasteiger partial charge is 0.280 e. The minimum atomic E-state index is -0.555. The molecule has 3 aromatic rings. The first-order valence-corrected chi connectivity index (χ1v) is 11.9. The molecule has 1 aliphatic rings. The summed E-state index contributed by atoms with van der Waals surface area (Å²) in [5.41, 5.74) is 3.85. The van der Waals surface area contributed by atoms with E-state index in [0.29, 0.717) is 6.54 Å². The summed E-state index contributed by atoms with van der Waals surface area (Å²) >= 11 is 5.44. The molecule has 9 heteroatoms. The van der Waals surface area contributed by atoms with Crippen molar-refractivity contribution in [3.8, 4) is 5.75 Å². The number of nitrogens with one attached hydrogen (secondary N) is 1. The number of aliphatic hydroxyl groups excluding tert-OH is 1. The minimum Gasteiger partial charge on any atom is -0.491 e. The molecule has 7 nitrogen and oxygen atoms in total. The lowest BCUT2D eigenvalue weighted by Crippen LogP contribution is -2.49. The van der Waals surface area contributed by atoms with Crippen molar-refractivity contribution in [2.75, 3.05) is 49.5 Å². The summed E-state index contributed by atoms with van der Waals surface area (Å²) in [4.78, 5) is 20.2. The number of thiazole rings is 1. The average Bonchev–Trinajstić information content (AvgIpc) is 3.13. The lowest BCUT2D eigenvalue weighted by atomic mass is 10.1. The van der Waals surface area contributed by atoms with Gasteiger partial charge in [-0.3, -0.25) is 9.69 Å². The number of β-amino-alcohol motifs (C(OH)–C–C–N with tert-alkyl or cyclic N) is 1. The molecule has 1 amide bonds. The molecule has 0 spiro atoms. The number of fused-ring (bicyclic) bond motifs is 1. The highest BCUT2D eigenvalue weighted by molar-refractivity contribution is 7.96. The molecule has 0 unspecified atom stereocenters. The molecule has 32 heavy (non-hydrogen) atoms. The van der Waals surface area contributed by atoms with E-state index < -0.39 is 6.10 Å². The molecule has 4 rings (SSSR count). The van der Waals surface area contributed by atoms with Gasteiger partial charge in [-0.15, -0.1) is 11.3 Å². The zero-order valence-electron chi connectivity index (χ0n) is 18.2. The van der Waals surface area contributed by atoms with Gasteiger partial charge in [0, 0.05) is 50.2 Å². The lowest BCUT2D eigenvalue weighted by molar-refractivity contribution is 0.0663. The normalized spacial score (nSPS) is 15.7. The standard InChI is InChI=1S/C23H28N4O3S2/c1-15-11-17(3-5-20(15)25-23(29)31)27-9-7-26(8-10-27)13-18(28)14-30-19-4-6-22-21(12-19)24-16(2)32-22/h3-6,11-12,18,28H,7-10,13-14H2,1-2H3,(H2,25,29,31)/t18-/m1/s1. The summed E-state index contributed by atoms with van der Waals surface area (Å²) in [5.74, 6) is 0.736. The first-order valence-electron chi connectivity index (χ1n) is 10.6. The highest BCUT2D eigenvalue weighted by Crippen LogP contribution is 2.26. The van der Waals surface area contributed by atoms with E-state index >= 15 is 0 Å². The van der Waals surface area contributed by atoms with Crippen LogP contribution in [0.4, 0.5) is 16.2 Å². The molecule has 0 bridgehead atoms. The SMILES string of the molecule is Cc1nc2cc(OC[C@H](O)CN3CCN(c4ccc(NC(=O)S)c(C)c4)CC3)ccc2s1. The number of amides is 1. The molecule has 1 aliphatic heterocycles. The van der Waals surface area contributed by atoms with E-state index in [4.69, 9.17) is 4.74 Å². The average molecular weight is 473 g/mol. The first kappa shape index (κ1) is 22.8. The number of aryl methyl sites for hydroxylation is 2. The Hall–Kier alpha value is -2.33. The van der Waals surface area contributed by atoms with E-state index in [2.05, 4.69) is 38.8 Å². The van der Waals surface area contributed by atoms with E-state index in [1.54, 1.807) is 11.3 Å². The van der Waals surface area contributed by atoms with Crippen LogP contribution in [-0.2, 0) is 0 Å². The summed E-state index contributed by atoms with van der Waals surface area (Å²) in [6.07, 6.45) is -0.555. The number of nitrogens with zero attached hydrogens (tertiary/aromatic N) is 3. The Morgan fingerprint density at radius 1 is 1.22 bits per heavy atom. The Bertz CT molecular complexity index is 1100. The van der Waals surface area contributed by atoms with Crippen LogP contribution in [0, 0.1) is 13.8 Å². The topological polar surface area (TPSA) is 77.9 Å². The Morgan fingerprint density at radius 3 is 2.72 bits per heavy atom. The van der Waals surface area contributed by atoms with Gasteiger partial charge in [-0.25, -0.2) is 4.98 Å². The molecule has 1 saturated heterocycles. The van der Waals surface area contributed by atoms with Crippen molar-refractivity contribution >= 4 is 50.8 Å². The fourth-order valence-electron chi connectivity index (χ4n) is 3.94. The van der Waals surface area contributed by atoms with Crippen molar-refractivity contribution in [1.82, 2.24) is 9.88 Å². The van der Waals surface area contributed by atoms with Gasteiger partial charge in [-0.2, -0.15) is 0 Å². The number of thiol groups is 1. The fraction of sp³-hybridized carbons (Fsp3) is 0.391. The molecule has 0 radical (unpaired) electrons. The first-order chi connectivity index (χ1) is 15.4. The van der Waals surface area contributed by atoms with Gasteiger partial charge < -0.3 is 20.1 Å². The highest BCUT2D eigenvalue weighted by Gasteiger charge is 2.20. The van der Waals surface area contributed by atoms with Crippen LogP contribution in [0.2, 0.25) is 0 Å². The predicted molar refractivity (Wildman–Crippen MR) is 134 cm³/mol. The van der Waals surface area contributed by atoms with Crippen molar-refractivity contribution in [3.05, 3.63) is 47.0 Å². The molecule has 0 aliphatic carbocycles. The molecule has 1 fully saturated rings. The summed E-state index contributed by atoms with van der Waals surface area (Å²) in [6, 6.07) is 11.9. The number of aromatic nitrogens is 1. The number of carbonyl (C=O) groups is 1. The fourth-order valence-corrected chi connectivity index (χ4v) is 4.87. The van der Waals surface area contributed by atoms with Crippen molar-refractivity contribution in [2.24, 2.45) is 0 Å².